The number of carbonyl (C=O) groups excluding carboxylic acids is 1. The number of halogens is 3. The van der Waals surface area contributed by atoms with Crippen LogP contribution in [0.4, 0.5) is 13.2 Å². The van der Waals surface area contributed by atoms with E-state index < -0.39 is 24.7 Å². The number of ether oxygens (including phenoxy) is 1. The monoisotopic (exact) mass is 402 g/mol. The number of benzene rings is 1. The molecule has 0 aliphatic rings. The maximum atomic E-state index is 12.5. The zero-order valence-electron chi connectivity index (χ0n) is 15.3. The molecule has 6 nitrogen and oxygen atoms in total. The van der Waals surface area contributed by atoms with Crippen molar-refractivity contribution in [3.05, 3.63) is 72.4 Å². The largest absolute Gasteiger partial charge is 0.483 e. The van der Waals surface area contributed by atoms with Gasteiger partial charge >= 0.3 is 6.18 Å². The predicted octanol–water partition coefficient (Wildman–Crippen LogP) is 3.97. The molecule has 1 unspecified atom stereocenters. The summed E-state index contributed by atoms with van der Waals surface area (Å²) in [5, 5.41) is 2.75. The fraction of sp³-hybridized carbons (Fsp3) is 0.200. The van der Waals surface area contributed by atoms with Gasteiger partial charge in [-0.1, -0.05) is 30.3 Å². The molecule has 0 saturated heterocycles. The first-order valence-corrected chi connectivity index (χ1v) is 8.65. The van der Waals surface area contributed by atoms with Gasteiger partial charge in [0, 0.05) is 5.56 Å². The molecule has 0 saturated carbocycles. The molecule has 1 aromatic carbocycles. The van der Waals surface area contributed by atoms with Crippen LogP contribution in [0.2, 0.25) is 0 Å². The van der Waals surface area contributed by atoms with Crippen molar-refractivity contribution in [2.45, 2.75) is 19.1 Å². The highest BCUT2D eigenvalue weighted by molar-refractivity contribution is 5.93. The third-order valence-corrected chi connectivity index (χ3v) is 3.92. The van der Waals surface area contributed by atoms with Gasteiger partial charge in [-0.15, -0.1) is 0 Å². The first kappa shape index (κ1) is 20.2. The van der Waals surface area contributed by atoms with Crippen LogP contribution in [0.15, 0.2) is 61.1 Å². The molecule has 1 N–H and O–H groups in total. The Labute approximate surface area is 164 Å². The molecule has 0 bridgehead atoms. The molecule has 0 radical (unpaired) electrons. The number of nitrogens with zero attached hydrogens (tertiary/aromatic N) is 3. The van der Waals surface area contributed by atoms with Crippen molar-refractivity contribution in [2.75, 3.05) is 6.61 Å². The van der Waals surface area contributed by atoms with Crippen LogP contribution >= 0.6 is 0 Å². The molecule has 2 heterocycles. The number of hydrogen-bond donors (Lipinski definition) is 1. The van der Waals surface area contributed by atoms with Crippen molar-refractivity contribution in [3.63, 3.8) is 0 Å². The molecule has 1 amide bonds. The van der Waals surface area contributed by atoms with Crippen LogP contribution in [-0.4, -0.2) is 33.6 Å². The van der Waals surface area contributed by atoms with Gasteiger partial charge in [-0.05, 0) is 25.1 Å². The molecule has 3 rings (SSSR count). The molecular weight excluding hydrogens is 385 g/mol. The second kappa shape index (κ2) is 8.68. The second-order valence-electron chi connectivity index (χ2n) is 6.17. The molecule has 1 atom stereocenters. The van der Waals surface area contributed by atoms with Gasteiger partial charge in [-0.3, -0.25) is 9.78 Å². The summed E-state index contributed by atoms with van der Waals surface area (Å²) in [5.41, 5.74) is 2.13. The fourth-order valence-corrected chi connectivity index (χ4v) is 2.49. The minimum Gasteiger partial charge on any atom is -0.483 e. The lowest BCUT2D eigenvalue weighted by Crippen LogP contribution is -2.28. The summed E-state index contributed by atoms with van der Waals surface area (Å²) in [6.07, 6.45) is -1.93. The number of alkyl halides is 3. The Kier molecular flexibility index (Phi) is 6.06. The van der Waals surface area contributed by atoms with Gasteiger partial charge in [-0.2, -0.15) is 13.2 Å². The van der Waals surface area contributed by atoms with Gasteiger partial charge in [0.15, 0.2) is 6.61 Å². The highest BCUT2D eigenvalue weighted by Gasteiger charge is 2.28. The quantitative estimate of drug-likeness (QED) is 0.675. The summed E-state index contributed by atoms with van der Waals surface area (Å²) < 4.78 is 41.2. The van der Waals surface area contributed by atoms with E-state index in [1.807, 2.05) is 30.3 Å². The first-order valence-electron chi connectivity index (χ1n) is 8.65. The second-order valence-corrected chi connectivity index (χ2v) is 6.17. The van der Waals surface area contributed by atoms with Crippen molar-refractivity contribution in [2.24, 2.45) is 0 Å². The smallest absolute Gasteiger partial charge is 0.422 e. The standard InChI is InChI=1S/C20H17F3N4O2/c1-13(16-8-7-15(10-24-16)29-11-20(21,22)23)27-19(28)18-9-17(25-12-26-18)14-5-3-2-4-6-14/h2-10,12-13H,11H2,1H3,(H,27,28). The maximum Gasteiger partial charge on any atom is 0.422 e. The molecule has 9 heteroatoms. The number of pyridine rings is 1. The third-order valence-electron chi connectivity index (χ3n) is 3.92. The van der Waals surface area contributed by atoms with Crippen LogP contribution in [0.5, 0.6) is 5.75 Å². The Morgan fingerprint density at radius 3 is 2.52 bits per heavy atom. The molecule has 0 aliphatic heterocycles. The Bertz CT molecular complexity index is 963. The lowest BCUT2D eigenvalue weighted by Gasteiger charge is -2.14. The van der Waals surface area contributed by atoms with Gasteiger partial charge < -0.3 is 10.1 Å². The highest BCUT2D eigenvalue weighted by Crippen LogP contribution is 2.20. The summed E-state index contributed by atoms with van der Waals surface area (Å²) in [6.45, 7) is 0.313. The number of amides is 1. The van der Waals surface area contributed by atoms with Gasteiger partial charge in [0.05, 0.1) is 23.6 Å². The maximum absolute atomic E-state index is 12.5. The molecule has 2 aromatic heterocycles. The van der Waals surface area contributed by atoms with Gasteiger partial charge in [0.25, 0.3) is 5.91 Å². The minimum absolute atomic E-state index is 0.00657. The number of carbonyl (C=O) groups is 1. The van der Waals surface area contributed by atoms with Crippen molar-refractivity contribution in [3.8, 4) is 17.0 Å². The summed E-state index contributed by atoms with van der Waals surface area (Å²) in [4.78, 5) is 24.7. The van der Waals surface area contributed by atoms with E-state index >= 15 is 0 Å². The van der Waals surface area contributed by atoms with Crippen LogP contribution in [-0.2, 0) is 0 Å². The van der Waals surface area contributed by atoms with E-state index in [2.05, 4.69) is 25.0 Å². The number of aromatic nitrogens is 3. The van der Waals surface area contributed by atoms with Crippen LogP contribution in [0.25, 0.3) is 11.3 Å². The molecule has 0 spiro atoms. The van der Waals surface area contributed by atoms with Crippen molar-refractivity contribution < 1.29 is 22.7 Å². The molecule has 29 heavy (non-hydrogen) atoms. The van der Waals surface area contributed by atoms with Crippen LogP contribution in [0.3, 0.4) is 0 Å². The Morgan fingerprint density at radius 1 is 1.10 bits per heavy atom. The minimum atomic E-state index is -4.42. The zero-order chi connectivity index (χ0) is 20.9. The van der Waals surface area contributed by atoms with E-state index in [9.17, 15) is 18.0 Å². The van der Waals surface area contributed by atoms with E-state index in [-0.39, 0.29) is 11.4 Å². The van der Waals surface area contributed by atoms with E-state index in [0.717, 1.165) is 5.56 Å². The lowest BCUT2D eigenvalue weighted by atomic mass is 10.1. The number of hydrogen-bond acceptors (Lipinski definition) is 5. The zero-order valence-corrected chi connectivity index (χ0v) is 15.3. The summed E-state index contributed by atoms with van der Waals surface area (Å²) >= 11 is 0. The van der Waals surface area contributed by atoms with E-state index in [1.165, 1.54) is 24.7 Å². The fourth-order valence-electron chi connectivity index (χ4n) is 2.49. The summed E-state index contributed by atoms with van der Waals surface area (Å²) in [5.74, 6) is -0.427. The van der Waals surface area contributed by atoms with Gasteiger partial charge in [0.2, 0.25) is 0 Å². The van der Waals surface area contributed by atoms with E-state index in [1.54, 1.807) is 13.0 Å². The third kappa shape index (κ3) is 5.74. The highest BCUT2D eigenvalue weighted by atomic mass is 19.4. The Morgan fingerprint density at radius 2 is 1.86 bits per heavy atom. The van der Waals surface area contributed by atoms with Crippen molar-refractivity contribution >= 4 is 5.91 Å². The van der Waals surface area contributed by atoms with Crippen LogP contribution in [0.1, 0.15) is 29.1 Å². The van der Waals surface area contributed by atoms with Crippen LogP contribution in [0, 0.1) is 0 Å². The average Bonchev–Trinajstić information content (AvgIpc) is 2.73. The number of nitrogens with one attached hydrogen (secondary N) is 1. The predicted molar refractivity (Wildman–Crippen MR) is 99.1 cm³/mol. The first-order chi connectivity index (χ1) is 13.8. The molecule has 150 valence electrons. The van der Waals surface area contributed by atoms with Crippen molar-refractivity contribution in [1.29, 1.82) is 0 Å². The molecule has 0 fully saturated rings. The van der Waals surface area contributed by atoms with Gasteiger partial charge in [-0.25, -0.2) is 9.97 Å². The summed E-state index contributed by atoms with van der Waals surface area (Å²) in [7, 11) is 0. The molecule has 0 aliphatic carbocycles. The lowest BCUT2D eigenvalue weighted by molar-refractivity contribution is -0.153. The molecular formula is C20H17F3N4O2. The summed E-state index contributed by atoms with van der Waals surface area (Å²) in [6, 6.07) is 13.3. The average molecular weight is 402 g/mol. The van der Waals surface area contributed by atoms with Crippen LogP contribution < -0.4 is 10.1 Å². The Hall–Kier alpha value is -3.49. The SMILES string of the molecule is CC(NC(=O)c1cc(-c2ccccc2)ncn1)c1ccc(OCC(F)(F)F)cn1. The van der Waals surface area contributed by atoms with Gasteiger partial charge in [0.1, 0.15) is 17.8 Å². The number of rotatable bonds is 6. The Balaban J connectivity index is 1.65. The topological polar surface area (TPSA) is 77.0 Å². The molecule has 3 aromatic rings. The van der Waals surface area contributed by atoms with E-state index in [4.69, 9.17) is 0 Å². The van der Waals surface area contributed by atoms with Crippen molar-refractivity contribution in [1.82, 2.24) is 20.3 Å². The van der Waals surface area contributed by atoms with E-state index in [0.29, 0.717) is 11.4 Å². The normalized spacial score (nSPS) is 12.3.